The number of carbonyl (C=O) groups excluding carboxylic acids is 1. The lowest BCUT2D eigenvalue weighted by molar-refractivity contribution is -0.124. The number of hydrogen-bond acceptors (Lipinski definition) is 2. The van der Waals surface area contributed by atoms with Gasteiger partial charge in [0.1, 0.15) is 0 Å². The van der Waals surface area contributed by atoms with Crippen molar-refractivity contribution in [2.75, 3.05) is 23.4 Å². The fourth-order valence-corrected chi connectivity index (χ4v) is 4.11. The Morgan fingerprint density at radius 1 is 1.53 bits per heavy atom. The van der Waals surface area contributed by atoms with Gasteiger partial charge in [0.25, 0.3) is 0 Å². The molecule has 2 nitrogen and oxygen atoms in total. The summed E-state index contributed by atoms with van der Waals surface area (Å²) in [6.07, 6.45) is 4.85. The number of halogens is 1. The Morgan fingerprint density at radius 3 is 2.87 bits per heavy atom. The molecule has 4 heteroatoms. The summed E-state index contributed by atoms with van der Waals surface area (Å²) in [6.45, 7) is 0.901. The van der Waals surface area contributed by atoms with Gasteiger partial charge < -0.3 is 5.32 Å². The van der Waals surface area contributed by atoms with E-state index in [2.05, 4.69) is 21.2 Å². The number of nitrogens with one attached hydrogen (secondary N) is 1. The summed E-state index contributed by atoms with van der Waals surface area (Å²) in [4.78, 5) is 11.8. The molecule has 2 rings (SSSR count). The maximum absolute atomic E-state index is 11.8. The van der Waals surface area contributed by atoms with Crippen LogP contribution in [0.4, 0.5) is 0 Å². The van der Waals surface area contributed by atoms with Crippen LogP contribution in [0.25, 0.3) is 0 Å². The van der Waals surface area contributed by atoms with Crippen LogP contribution < -0.4 is 5.32 Å². The van der Waals surface area contributed by atoms with Crippen molar-refractivity contribution in [3.05, 3.63) is 0 Å². The minimum absolute atomic E-state index is 0.287. The minimum Gasteiger partial charge on any atom is -0.355 e. The number of carbonyl (C=O) groups is 1. The molecule has 0 bridgehead atoms. The van der Waals surface area contributed by atoms with Gasteiger partial charge in [0.2, 0.25) is 5.91 Å². The first-order valence-electron chi connectivity index (χ1n) is 5.67. The Balaban J connectivity index is 1.70. The van der Waals surface area contributed by atoms with Gasteiger partial charge >= 0.3 is 0 Å². The van der Waals surface area contributed by atoms with Gasteiger partial charge in [0, 0.05) is 23.5 Å². The molecule has 0 radical (unpaired) electrons. The van der Waals surface area contributed by atoms with Crippen LogP contribution in [0.5, 0.6) is 0 Å². The Labute approximate surface area is 104 Å². The van der Waals surface area contributed by atoms with E-state index in [0.717, 1.165) is 29.8 Å². The molecule has 1 unspecified atom stereocenters. The monoisotopic (exact) mass is 291 g/mol. The zero-order valence-electron chi connectivity index (χ0n) is 8.93. The van der Waals surface area contributed by atoms with E-state index in [1.165, 1.54) is 19.3 Å². The molecule has 86 valence electrons. The molecular formula is C11H18BrNOS. The van der Waals surface area contributed by atoms with Gasteiger partial charge in [0.15, 0.2) is 0 Å². The maximum atomic E-state index is 11.8. The molecule has 0 aromatic rings. The molecule has 1 saturated heterocycles. The topological polar surface area (TPSA) is 29.1 Å². The molecule has 1 aliphatic heterocycles. The van der Waals surface area contributed by atoms with E-state index < -0.39 is 0 Å². The molecule has 2 aliphatic rings. The van der Waals surface area contributed by atoms with Gasteiger partial charge in [-0.05, 0) is 36.9 Å². The van der Waals surface area contributed by atoms with E-state index in [9.17, 15) is 4.79 Å². The number of rotatable bonds is 5. The highest BCUT2D eigenvalue weighted by molar-refractivity contribution is 9.09. The predicted octanol–water partition coefficient (Wildman–Crippen LogP) is 2.42. The Bertz CT molecular complexity index is 237. The van der Waals surface area contributed by atoms with E-state index in [0.29, 0.717) is 11.3 Å². The zero-order chi connectivity index (χ0) is 10.7. The molecular weight excluding hydrogens is 274 g/mol. The fraction of sp³-hybridized carbons (Fsp3) is 0.909. The lowest BCUT2D eigenvalue weighted by Crippen LogP contribution is -2.35. The molecule has 2 fully saturated rings. The van der Waals surface area contributed by atoms with Gasteiger partial charge in [-0.2, -0.15) is 11.8 Å². The molecule has 0 aromatic heterocycles. The molecule has 1 aliphatic carbocycles. The van der Waals surface area contributed by atoms with Crippen molar-refractivity contribution in [1.82, 2.24) is 5.32 Å². The predicted molar refractivity (Wildman–Crippen MR) is 68.5 cm³/mol. The normalized spacial score (nSPS) is 27.7. The van der Waals surface area contributed by atoms with Gasteiger partial charge in [-0.25, -0.2) is 0 Å². The van der Waals surface area contributed by atoms with Crippen LogP contribution in [-0.4, -0.2) is 29.3 Å². The van der Waals surface area contributed by atoms with Crippen LogP contribution in [0, 0.1) is 11.3 Å². The van der Waals surface area contributed by atoms with Crippen LogP contribution in [0.3, 0.4) is 0 Å². The first kappa shape index (κ1) is 11.8. The third kappa shape index (κ3) is 3.13. The zero-order valence-corrected chi connectivity index (χ0v) is 11.3. The summed E-state index contributed by atoms with van der Waals surface area (Å²) in [5.41, 5.74) is 0.449. The standard InChI is InChI=1S/C11H18BrNOS/c12-5-4-11(2-3-11)8-13-10(14)9-1-6-15-7-9/h9H,1-8H2,(H,13,14). The van der Waals surface area contributed by atoms with Gasteiger partial charge in [-0.3, -0.25) is 4.79 Å². The summed E-state index contributed by atoms with van der Waals surface area (Å²) < 4.78 is 0. The summed E-state index contributed by atoms with van der Waals surface area (Å²) in [5, 5.41) is 4.20. The second kappa shape index (κ2) is 5.09. The van der Waals surface area contributed by atoms with E-state index in [-0.39, 0.29) is 5.92 Å². The lowest BCUT2D eigenvalue weighted by Gasteiger charge is -2.16. The van der Waals surface area contributed by atoms with Crippen LogP contribution in [0.15, 0.2) is 0 Å². The lowest BCUT2D eigenvalue weighted by atomic mass is 10.0. The van der Waals surface area contributed by atoms with Crippen molar-refractivity contribution in [2.45, 2.75) is 25.7 Å². The SMILES string of the molecule is O=C(NCC1(CCBr)CC1)C1CCSC1. The van der Waals surface area contributed by atoms with Gasteiger partial charge in [0.05, 0.1) is 0 Å². The fourth-order valence-electron chi connectivity index (χ4n) is 2.05. The van der Waals surface area contributed by atoms with E-state index in [1.54, 1.807) is 0 Å². The third-order valence-electron chi connectivity index (χ3n) is 3.52. The minimum atomic E-state index is 0.287. The van der Waals surface area contributed by atoms with Crippen molar-refractivity contribution in [1.29, 1.82) is 0 Å². The Morgan fingerprint density at radius 2 is 2.33 bits per heavy atom. The number of hydrogen-bond donors (Lipinski definition) is 1. The molecule has 1 heterocycles. The van der Waals surface area contributed by atoms with Crippen LogP contribution >= 0.6 is 27.7 Å². The average molecular weight is 292 g/mol. The van der Waals surface area contributed by atoms with Crippen molar-refractivity contribution in [3.8, 4) is 0 Å². The summed E-state index contributed by atoms with van der Waals surface area (Å²) in [6, 6.07) is 0. The molecule has 0 spiro atoms. The van der Waals surface area contributed by atoms with Crippen molar-refractivity contribution in [2.24, 2.45) is 11.3 Å². The van der Waals surface area contributed by atoms with Gasteiger partial charge in [-0.15, -0.1) is 0 Å². The first-order valence-corrected chi connectivity index (χ1v) is 7.95. The Kier molecular flexibility index (Phi) is 3.99. The highest BCUT2D eigenvalue weighted by atomic mass is 79.9. The van der Waals surface area contributed by atoms with E-state index in [1.807, 2.05) is 11.8 Å². The summed E-state index contributed by atoms with van der Waals surface area (Å²) in [7, 11) is 0. The maximum Gasteiger partial charge on any atom is 0.223 e. The molecule has 0 aromatic carbocycles. The summed E-state index contributed by atoms with van der Waals surface area (Å²) in [5.74, 6) is 2.76. The number of amides is 1. The molecule has 1 amide bonds. The van der Waals surface area contributed by atoms with Crippen molar-refractivity contribution in [3.63, 3.8) is 0 Å². The highest BCUT2D eigenvalue weighted by Crippen LogP contribution is 2.48. The van der Waals surface area contributed by atoms with Crippen molar-refractivity contribution < 1.29 is 4.79 Å². The number of thioether (sulfide) groups is 1. The first-order chi connectivity index (χ1) is 7.26. The molecule has 1 atom stereocenters. The highest BCUT2D eigenvalue weighted by Gasteiger charge is 2.42. The largest absolute Gasteiger partial charge is 0.355 e. The molecule has 1 saturated carbocycles. The average Bonchev–Trinajstić information content (AvgIpc) is 2.81. The van der Waals surface area contributed by atoms with E-state index >= 15 is 0 Å². The smallest absolute Gasteiger partial charge is 0.223 e. The third-order valence-corrected chi connectivity index (χ3v) is 5.08. The molecule has 15 heavy (non-hydrogen) atoms. The van der Waals surface area contributed by atoms with Crippen LogP contribution in [-0.2, 0) is 4.79 Å². The summed E-state index contributed by atoms with van der Waals surface area (Å²) >= 11 is 5.38. The quantitative estimate of drug-likeness (QED) is 0.789. The molecule has 1 N–H and O–H groups in total. The second-order valence-corrected chi connectivity index (χ2v) is 6.66. The Hall–Kier alpha value is 0.300. The van der Waals surface area contributed by atoms with Crippen LogP contribution in [0.2, 0.25) is 0 Å². The number of alkyl halides is 1. The van der Waals surface area contributed by atoms with Crippen molar-refractivity contribution >= 4 is 33.6 Å². The van der Waals surface area contributed by atoms with E-state index in [4.69, 9.17) is 0 Å². The van der Waals surface area contributed by atoms with Crippen LogP contribution in [0.1, 0.15) is 25.7 Å². The van der Waals surface area contributed by atoms with Gasteiger partial charge in [-0.1, -0.05) is 15.9 Å². The second-order valence-electron chi connectivity index (χ2n) is 4.72.